The lowest BCUT2D eigenvalue weighted by molar-refractivity contribution is 0.243. The molecule has 0 atom stereocenters. The maximum Gasteiger partial charge on any atom is 0.211 e. The molecule has 1 saturated heterocycles. The number of hydrogen-bond acceptors (Lipinski definition) is 7. The average molecular weight is 417 g/mol. The Kier molecular flexibility index (Phi) is 5.13. The number of benzene rings is 1. The molecule has 154 valence electrons. The Morgan fingerprint density at radius 2 is 1.86 bits per heavy atom. The zero-order valence-corrected chi connectivity index (χ0v) is 17.5. The van der Waals surface area contributed by atoms with Crippen LogP contribution in [0.4, 0.5) is 5.82 Å². The van der Waals surface area contributed by atoms with E-state index in [2.05, 4.69) is 25.1 Å². The highest BCUT2D eigenvalue weighted by Crippen LogP contribution is 2.30. The number of piperazine rings is 1. The van der Waals surface area contributed by atoms with E-state index in [0.29, 0.717) is 31.9 Å². The summed E-state index contributed by atoms with van der Waals surface area (Å²) in [6.07, 6.45) is 2.84. The van der Waals surface area contributed by atoms with Gasteiger partial charge in [-0.25, -0.2) is 18.4 Å². The van der Waals surface area contributed by atoms with E-state index in [9.17, 15) is 8.42 Å². The van der Waals surface area contributed by atoms with Crippen molar-refractivity contribution in [2.45, 2.75) is 20.0 Å². The fourth-order valence-electron chi connectivity index (χ4n) is 3.43. The van der Waals surface area contributed by atoms with Gasteiger partial charge in [0, 0.05) is 37.6 Å². The summed E-state index contributed by atoms with van der Waals surface area (Å²) in [7, 11) is -3.16. The molecule has 1 fully saturated rings. The highest BCUT2D eigenvalue weighted by atomic mass is 32.2. The molecule has 0 bridgehead atoms. The van der Waals surface area contributed by atoms with Crippen LogP contribution < -0.4 is 9.64 Å². The number of hydrogen-bond donors (Lipinski definition) is 1. The smallest absolute Gasteiger partial charge is 0.211 e. The minimum absolute atomic E-state index is 0.0825. The highest BCUT2D eigenvalue weighted by molar-refractivity contribution is 7.88. The predicted molar refractivity (Wildman–Crippen MR) is 112 cm³/mol. The van der Waals surface area contributed by atoms with Crippen molar-refractivity contribution in [2.75, 3.05) is 37.3 Å². The Morgan fingerprint density at radius 1 is 1.10 bits per heavy atom. The maximum absolute atomic E-state index is 11.7. The fourth-order valence-corrected chi connectivity index (χ4v) is 4.26. The van der Waals surface area contributed by atoms with Gasteiger partial charge in [-0.1, -0.05) is 0 Å². The van der Waals surface area contributed by atoms with Gasteiger partial charge in [0.05, 0.1) is 23.6 Å². The first-order valence-electron chi connectivity index (χ1n) is 9.48. The number of rotatable bonds is 5. The summed E-state index contributed by atoms with van der Waals surface area (Å²) >= 11 is 0. The molecular weight excluding hydrogens is 392 g/mol. The van der Waals surface area contributed by atoms with Gasteiger partial charge in [0.1, 0.15) is 23.6 Å². The van der Waals surface area contributed by atoms with Crippen LogP contribution in [0.25, 0.3) is 22.3 Å². The van der Waals surface area contributed by atoms with E-state index in [4.69, 9.17) is 4.74 Å². The summed E-state index contributed by atoms with van der Waals surface area (Å²) in [4.78, 5) is 10.9. The van der Waals surface area contributed by atoms with E-state index in [1.54, 1.807) is 0 Å². The van der Waals surface area contributed by atoms with Crippen LogP contribution in [0.15, 0.2) is 30.6 Å². The molecule has 2 aromatic heterocycles. The van der Waals surface area contributed by atoms with E-state index in [1.165, 1.54) is 16.9 Å². The van der Waals surface area contributed by atoms with E-state index in [-0.39, 0.29) is 6.10 Å². The largest absolute Gasteiger partial charge is 0.491 e. The molecule has 3 aromatic rings. The number of nitrogens with zero attached hydrogens (tertiary/aromatic N) is 5. The first-order valence-corrected chi connectivity index (χ1v) is 11.3. The van der Waals surface area contributed by atoms with Crippen LogP contribution in [0, 0.1) is 0 Å². The third kappa shape index (κ3) is 4.18. The number of aromatic amines is 1. The summed E-state index contributed by atoms with van der Waals surface area (Å²) in [6.45, 7) is 6.02. The lowest BCUT2D eigenvalue weighted by atomic mass is 10.1. The number of aromatic nitrogens is 4. The van der Waals surface area contributed by atoms with Crippen molar-refractivity contribution < 1.29 is 13.2 Å². The second-order valence-electron chi connectivity index (χ2n) is 7.36. The summed E-state index contributed by atoms with van der Waals surface area (Å²) < 4.78 is 30.7. The van der Waals surface area contributed by atoms with E-state index >= 15 is 0 Å². The van der Waals surface area contributed by atoms with Gasteiger partial charge in [0.25, 0.3) is 0 Å². The van der Waals surface area contributed by atoms with Gasteiger partial charge in [0.15, 0.2) is 0 Å². The van der Waals surface area contributed by atoms with Gasteiger partial charge >= 0.3 is 0 Å². The number of fused-ring (bicyclic) bond motifs is 1. The van der Waals surface area contributed by atoms with Crippen molar-refractivity contribution in [1.29, 1.82) is 0 Å². The molecule has 0 aliphatic carbocycles. The SMILES string of the molecule is CC(C)Oc1ccc2[nH]nc(-c3cc(N4CCN(S(C)(=O)=O)CC4)ncn3)c2c1. The zero-order valence-electron chi connectivity index (χ0n) is 16.7. The molecular formula is C19H24N6O3S. The minimum Gasteiger partial charge on any atom is -0.491 e. The third-order valence-electron chi connectivity index (χ3n) is 4.83. The molecule has 1 aromatic carbocycles. The monoisotopic (exact) mass is 416 g/mol. The second-order valence-corrected chi connectivity index (χ2v) is 9.34. The van der Waals surface area contributed by atoms with Crippen molar-refractivity contribution in [2.24, 2.45) is 0 Å². The molecule has 0 unspecified atom stereocenters. The third-order valence-corrected chi connectivity index (χ3v) is 6.14. The number of anilines is 1. The maximum atomic E-state index is 11.7. The van der Waals surface area contributed by atoms with Gasteiger partial charge in [0.2, 0.25) is 10.0 Å². The minimum atomic E-state index is -3.16. The van der Waals surface area contributed by atoms with Crippen LogP contribution in [0.1, 0.15) is 13.8 Å². The van der Waals surface area contributed by atoms with Crippen molar-refractivity contribution >= 4 is 26.7 Å². The van der Waals surface area contributed by atoms with Crippen LogP contribution in [-0.4, -0.2) is 71.4 Å². The molecule has 9 nitrogen and oxygen atoms in total. The molecule has 3 heterocycles. The Hall–Kier alpha value is -2.72. The van der Waals surface area contributed by atoms with Crippen molar-refractivity contribution in [1.82, 2.24) is 24.5 Å². The average Bonchev–Trinajstić information content (AvgIpc) is 3.10. The standard InChI is InChI=1S/C19H24N6O3S/c1-13(2)28-14-4-5-16-15(10-14)19(23-22-16)17-11-18(21-12-20-17)24-6-8-25(9-7-24)29(3,26)27/h4-5,10-13H,6-9H2,1-3H3,(H,22,23). The summed E-state index contributed by atoms with van der Waals surface area (Å²) in [6, 6.07) is 7.70. The summed E-state index contributed by atoms with van der Waals surface area (Å²) in [5.41, 5.74) is 2.33. The molecule has 1 aliphatic heterocycles. The van der Waals surface area contributed by atoms with Crippen molar-refractivity contribution in [3.8, 4) is 17.1 Å². The van der Waals surface area contributed by atoms with Gasteiger partial charge in [-0.2, -0.15) is 9.40 Å². The molecule has 0 amide bonds. The van der Waals surface area contributed by atoms with Crippen molar-refractivity contribution in [3.63, 3.8) is 0 Å². The first kappa shape index (κ1) is 19.6. The van der Waals surface area contributed by atoms with Crippen LogP contribution in [0.3, 0.4) is 0 Å². The Labute approximate surface area is 169 Å². The van der Waals surface area contributed by atoms with Crippen LogP contribution >= 0.6 is 0 Å². The van der Waals surface area contributed by atoms with Gasteiger partial charge in [-0.15, -0.1) is 0 Å². The zero-order chi connectivity index (χ0) is 20.6. The number of nitrogens with one attached hydrogen (secondary N) is 1. The van der Waals surface area contributed by atoms with Gasteiger partial charge < -0.3 is 9.64 Å². The fraction of sp³-hybridized carbons (Fsp3) is 0.421. The topological polar surface area (TPSA) is 104 Å². The lowest BCUT2D eigenvalue weighted by Crippen LogP contribution is -2.48. The Bertz CT molecular complexity index is 1120. The highest BCUT2D eigenvalue weighted by Gasteiger charge is 2.24. The molecule has 10 heteroatoms. The van der Waals surface area contributed by atoms with E-state index in [0.717, 1.165) is 28.2 Å². The number of H-pyrrole nitrogens is 1. The molecule has 4 rings (SSSR count). The molecule has 1 N–H and O–H groups in total. The Morgan fingerprint density at radius 3 is 2.55 bits per heavy atom. The van der Waals surface area contributed by atoms with E-state index in [1.807, 2.05) is 38.1 Å². The predicted octanol–water partition coefficient (Wildman–Crippen LogP) is 1.89. The number of sulfonamides is 1. The van der Waals surface area contributed by atoms with Crippen LogP contribution in [-0.2, 0) is 10.0 Å². The van der Waals surface area contributed by atoms with Gasteiger partial charge in [-0.05, 0) is 32.0 Å². The van der Waals surface area contributed by atoms with Crippen LogP contribution in [0.2, 0.25) is 0 Å². The molecule has 0 radical (unpaired) electrons. The quantitative estimate of drug-likeness (QED) is 0.677. The van der Waals surface area contributed by atoms with Crippen LogP contribution in [0.5, 0.6) is 5.75 Å². The lowest BCUT2D eigenvalue weighted by Gasteiger charge is -2.33. The molecule has 1 aliphatic rings. The summed E-state index contributed by atoms with van der Waals surface area (Å²) in [5.74, 6) is 1.54. The van der Waals surface area contributed by atoms with Crippen molar-refractivity contribution in [3.05, 3.63) is 30.6 Å². The van der Waals surface area contributed by atoms with Gasteiger partial charge in [-0.3, -0.25) is 5.10 Å². The normalized spacial score (nSPS) is 15.9. The second kappa shape index (κ2) is 7.60. The molecule has 0 spiro atoms. The molecule has 29 heavy (non-hydrogen) atoms. The Balaban J connectivity index is 1.61. The molecule has 0 saturated carbocycles. The first-order chi connectivity index (χ1) is 13.8. The summed E-state index contributed by atoms with van der Waals surface area (Å²) in [5, 5.41) is 8.40. The number of ether oxygens (including phenoxy) is 1. The van der Waals surface area contributed by atoms with E-state index < -0.39 is 10.0 Å².